The number of fused-ring (bicyclic) bond motifs is 6. The summed E-state index contributed by atoms with van der Waals surface area (Å²) < 4.78 is 50.7. The first kappa shape index (κ1) is 23.8. The average molecular weight is 663 g/mol. The van der Waals surface area contributed by atoms with Crippen molar-refractivity contribution >= 4 is 53.4 Å². The van der Waals surface area contributed by atoms with Crippen molar-refractivity contribution in [2.45, 2.75) is 0 Å². The molecule has 10 aromatic rings. The summed E-state index contributed by atoms with van der Waals surface area (Å²) in [6.07, 6.45) is 0. The second-order valence-electron chi connectivity index (χ2n) is 12.0. The third-order valence-electron chi connectivity index (χ3n) is 9.03. The van der Waals surface area contributed by atoms with Gasteiger partial charge in [-0.15, -0.1) is 11.3 Å². The Kier molecular flexibility index (Phi) is 5.54. The van der Waals surface area contributed by atoms with E-state index in [4.69, 9.17) is 26.2 Å². The molecule has 7 aromatic carbocycles. The molecule has 50 heavy (non-hydrogen) atoms. The zero-order valence-electron chi connectivity index (χ0n) is 31.4. The van der Waals surface area contributed by atoms with Crippen molar-refractivity contribution in [1.82, 2.24) is 15.0 Å². The van der Waals surface area contributed by atoms with Gasteiger partial charge in [0, 0.05) is 42.1 Å². The maximum Gasteiger partial charge on any atom is 0.167 e. The standard InChI is InChI=1S/C45H27N3OS/c1-3-12-28(13-4-1)30-16-9-17-32(26-30)44-46-43(29-14-5-2-6-15-29)47-45(48-44)37-22-11-20-35-38-27-31(24-25-39(38)49-41(35)37)33-19-10-21-36-34-18-7-8-23-40(34)50-42(33)36/h1-27H/i1D,3D,4D,12D,13D. The Labute approximate surface area is 299 Å². The van der Waals surface area contributed by atoms with Crippen molar-refractivity contribution < 1.29 is 11.3 Å². The van der Waals surface area contributed by atoms with Crippen LogP contribution in [0, 0.1) is 0 Å². The summed E-state index contributed by atoms with van der Waals surface area (Å²) in [5.74, 6) is 1.24. The highest BCUT2D eigenvalue weighted by Gasteiger charge is 2.19. The highest BCUT2D eigenvalue weighted by molar-refractivity contribution is 7.26. The van der Waals surface area contributed by atoms with Crippen LogP contribution in [0.3, 0.4) is 0 Å². The molecule has 0 aliphatic heterocycles. The number of benzene rings is 7. The Morgan fingerprint density at radius 2 is 1.14 bits per heavy atom. The minimum absolute atomic E-state index is 0.111. The largest absolute Gasteiger partial charge is 0.455 e. The van der Waals surface area contributed by atoms with Crippen LogP contribution in [0.5, 0.6) is 0 Å². The maximum absolute atomic E-state index is 8.56. The van der Waals surface area contributed by atoms with Crippen molar-refractivity contribution in [3.8, 4) is 56.4 Å². The zero-order valence-corrected chi connectivity index (χ0v) is 27.2. The first-order valence-corrected chi connectivity index (χ1v) is 17.0. The number of nitrogens with zero attached hydrogens (tertiary/aromatic N) is 3. The topological polar surface area (TPSA) is 51.8 Å². The van der Waals surface area contributed by atoms with E-state index in [1.54, 1.807) is 29.5 Å². The van der Waals surface area contributed by atoms with Crippen LogP contribution in [0.25, 0.3) is 98.5 Å². The Balaban J connectivity index is 1.14. The average Bonchev–Trinajstić information content (AvgIpc) is 3.81. The molecule has 0 bridgehead atoms. The van der Waals surface area contributed by atoms with E-state index in [9.17, 15) is 0 Å². The number of rotatable bonds is 5. The van der Waals surface area contributed by atoms with Crippen LogP contribution in [0.2, 0.25) is 0 Å². The number of hydrogen-bond acceptors (Lipinski definition) is 5. The van der Waals surface area contributed by atoms with E-state index < -0.39 is 18.1 Å². The molecule has 0 saturated carbocycles. The van der Waals surface area contributed by atoms with Crippen LogP contribution in [0.4, 0.5) is 0 Å². The highest BCUT2D eigenvalue weighted by Crippen LogP contribution is 2.42. The van der Waals surface area contributed by atoms with Crippen molar-refractivity contribution in [1.29, 1.82) is 0 Å². The van der Waals surface area contributed by atoms with Gasteiger partial charge in [-0.2, -0.15) is 0 Å². The van der Waals surface area contributed by atoms with Crippen molar-refractivity contribution in [2.24, 2.45) is 0 Å². The monoisotopic (exact) mass is 662 g/mol. The summed E-state index contributed by atoms with van der Waals surface area (Å²) in [4.78, 5) is 14.8. The van der Waals surface area contributed by atoms with Crippen molar-refractivity contribution in [3.05, 3.63) is 164 Å². The van der Waals surface area contributed by atoms with Gasteiger partial charge in [0.15, 0.2) is 17.5 Å². The lowest BCUT2D eigenvalue weighted by atomic mass is 10.00. The van der Waals surface area contributed by atoms with Gasteiger partial charge in [0.05, 0.1) is 12.4 Å². The predicted molar refractivity (Wildman–Crippen MR) is 207 cm³/mol. The first-order chi connectivity index (χ1) is 26.8. The molecule has 0 N–H and O–H groups in total. The molecule has 0 fully saturated rings. The van der Waals surface area contributed by atoms with Gasteiger partial charge in [-0.25, -0.2) is 15.0 Å². The number of para-hydroxylation sites is 1. The summed E-state index contributed by atoms with van der Waals surface area (Å²) in [7, 11) is 0. The Hall–Kier alpha value is -6.43. The fourth-order valence-corrected chi connectivity index (χ4v) is 7.90. The lowest BCUT2D eigenvalue weighted by Gasteiger charge is -2.10. The third kappa shape index (κ3) is 4.79. The van der Waals surface area contributed by atoms with Gasteiger partial charge in [0.1, 0.15) is 11.2 Å². The number of furan rings is 1. The molecule has 0 unspecified atom stereocenters. The molecule has 4 nitrogen and oxygen atoms in total. The molecule has 10 rings (SSSR count). The van der Waals surface area contributed by atoms with E-state index in [0.717, 1.165) is 27.5 Å². The molecule has 0 atom stereocenters. The van der Waals surface area contributed by atoms with E-state index in [2.05, 4.69) is 60.7 Å². The number of aromatic nitrogens is 3. The van der Waals surface area contributed by atoms with Gasteiger partial charge in [-0.1, -0.05) is 133 Å². The molecule has 234 valence electrons. The molecule has 0 saturated heterocycles. The van der Waals surface area contributed by atoms with Gasteiger partial charge in [-0.3, -0.25) is 0 Å². The third-order valence-corrected chi connectivity index (χ3v) is 10.2. The SMILES string of the molecule is [2H]c1c([2H])c([2H])c(-c2cccc(-c3nc(-c4ccccc4)nc(-c4cccc5c4oc4ccc(-c6cccc7c6sc6ccccc67)cc45)n3)c2)c([2H])c1[2H]. The molecule has 3 aromatic heterocycles. The van der Waals surface area contributed by atoms with Crippen LogP contribution in [0.15, 0.2) is 168 Å². The van der Waals surface area contributed by atoms with Crippen LogP contribution < -0.4 is 0 Å². The first-order valence-electron chi connectivity index (χ1n) is 18.7. The highest BCUT2D eigenvalue weighted by atomic mass is 32.1. The van der Waals surface area contributed by atoms with Crippen LogP contribution >= 0.6 is 11.3 Å². The maximum atomic E-state index is 8.56. The van der Waals surface area contributed by atoms with Gasteiger partial charge >= 0.3 is 0 Å². The second-order valence-corrected chi connectivity index (χ2v) is 13.1. The summed E-state index contributed by atoms with van der Waals surface area (Å²) in [5, 5.41) is 4.42. The smallest absolute Gasteiger partial charge is 0.167 e. The molecule has 0 spiro atoms. The predicted octanol–water partition coefficient (Wildman–Crippen LogP) is 12.5. The Morgan fingerprint density at radius 1 is 0.460 bits per heavy atom. The minimum Gasteiger partial charge on any atom is -0.455 e. The molecule has 0 aliphatic rings. The molecule has 0 radical (unpaired) electrons. The van der Waals surface area contributed by atoms with Gasteiger partial charge in [0.2, 0.25) is 0 Å². The van der Waals surface area contributed by atoms with Gasteiger partial charge < -0.3 is 4.42 Å². The van der Waals surface area contributed by atoms with E-state index in [1.807, 2.05) is 54.6 Å². The fraction of sp³-hybridized carbons (Fsp3) is 0. The van der Waals surface area contributed by atoms with Crippen LogP contribution in [-0.2, 0) is 0 Å². The lowest BCUT2D eigenvalue weighted by Crippen LogP contribution is -2.00. The summed E-state index contributed by atoms with van der Waals surface area (Å²) in [6, 6.07) is 42.3. The van der Waals surface area contributed by atoms with E-state index >= 15 is 0 Å². The number of hydrogen-bond donors (Lipinski definition) is 0. The second kappa shape index (κ2) is 11.6. The quantitative estimate of drug-likeness (QED) is 0.184. The van der Waals surface area contributed by atoms with E-state index in [-0.39, 0.29) is 17.6 Å². The van der Waals surface area contributed by atoms with E-state index in [1.165, 1.54) is 25.7 Å². The van der Waals surface area contributed by atoms with Crippen molar-refractivity contribution in [3.63, 3.8) is 0 Å². The molecular formula is C45H27N3OS. The van der Waals surface area contributed by atoms with Crippen molar-refractivity contribution in [2.75, 3.05) is 0 Å². The minimum atomic E-state index is -0.436. The molecular weight excluding hydrogens is 631 g/mol. The van der Waals surface area contributed by atoms with Crippen LogP contribution in [-0.4, -0.2) is 15.0 Å². The Bertz CT molecular complexity index is 3150. The van der Waals surface area contributed by atoms with Gasteiger partial charge in [0.25, 0.3) is 0 Å². The van der Waals surface area contributed by atoms with Gasteiger partial charge in [-0.05, 0) is 52.6 Å². The number of thiophene rings is 1. The molecule has 3 heterocycles. The summed E-state index contributed by atoms with van der Waals surface area (Å²) in [5.41, 5.74) is 6.34. The zero-order chi connectivity index (χ0) is 37.4. The molecule has 0 aliphatic carbocycles. The summed E-state index contributed by atoms with van der Waals surface area (Å²) >= 11 is 1.81. The molecule has 5 heteroatoms. The lowest BCUT2D eigenvalue weighted by molar-refractivity contribution is 0.669. The molecule has 0 amide bonds. The Morgan fingerprint density at radius 3 is 2.02 bits per heavy atom. The van der Waals surface area contributed by atoms with E-state index in [0.29, 0.717) is 39.7 Å². The van der Waals surface area contributed by atoms with Crippen LogP contribution in [0.1, 0.15) is 6.85 Å². The summed E-state index contributed by atoms with van der Waals surface area (Å²) in [6.45, 7) is 0. The fourth-order valence-electron chi connectivity index (χ4n) is 6.67. The normalized spacial score (nSPS) is 13.0.